The lowest BCUT2D eigenvalue weighted by Gasteiger charge is -2.28. The first-order valence-corrected chi connectivity index (χ1v) is 7.10. The van der Waals surface area contributed by atoms with Crippen molar-refractivity contribution in [3.05, 3.63) is 23.7 Å². The van der Waals surface area contributed by atoms with Crippen molar-refractivity contribution >= 4 is 11.9 Å². The van der Waals surface area contributed by atoms with Gasteiger partial charge in [0.1, 0.15) is 12.0 Å². The molecule has 0 atom stereocenters. The lowest BCUT2D eigenvalue weighted by Crippen LogP contribution is -2.42. The molecule has 0 saturated heterocycles. The molecule has 5 nitrogen and oxygen atoms in total. The average Bonchev–Trinajstić information content (AvgIpc) is 2.71. The third kappa shape index (κ3) is 3.21. The maximum atomic E-state index is 12.0. The zero-order chi connectivity index (χ0) is 14.6. The van der Waals surface area contributed by atoms with Gasteiger partial charge in [-0.3, -0.25) is 9.59 Å². The molecule has 5 heteroatoms. The number of carbonyl (C=O) groups excluding carboxylic acids is 1. The fourth-order valence-electron chi connectivity index (χ4n) is 2.79. The van der Waals surface area contributed by atoms with Gasteiger partial charge in [0.2, 0.25) is 0 Å². The number of hydrogen-bond acceptors (Lipinski definition) is 3. The van der Waals surface area contributed by atoms with Gasteiger partial charge in [0.15, 0.2) is 0 Å². The van der Waals surface area contributed by atoms with Gasteiger partial charge < -0.3 is 14.8 Å². The lowest BCUT2D eigenvalue weighted by atomic mass is 9.80. The Morgan fingerprint density at radius 1 is 1.30 bits per heavy atom. The molecule has 110 valence electrons. The Balaban J connectivity index is 2.01. The molecule has 2 N–H and O–H groups in total. The van der Waals surface area contributed by atoms with Crippen LogP contribution >= 0.6 is 0 Å². The first-order valence-electron chi connectivity index (χ1n) is 7.10. The zero-order valence-electron chi connectivity index (χ0n) is 11.8. The quantitative estimate of drug-likeness (QED) is 0.830. The first kappa shape index (κ1) is 14.6. The number of amides is 1. The van der Waals surface area contributed by atoms with Gasteiger partial charge in [-0.1, -0.05) is 25.7 Å². The molecule has 0 unspecified atom stereocenters. The molecule has 2 rings (SSSR count). The lowest BCUT2D eigenvalue weighted by molar-refractivity contribution is -0.149. The topological polar surface area (TPSA) is 79.5 Å². The summed E-state index contributed by atoms with van der Waals surface area (Å²) in [5, 5.41) is 12.3. The molecule has 1 fully saturated rings. The molecule has 20 heavy (non-hydrogen) atoms. The number of carboxylic acids is 1. The third-order valence-electron chi connectivity index (χ3n) is 4.09. The molecule has 1 aliphatic carbocycles. The van der Waals surface area contributed by atoms with Crippen LogP contribution in [0.5, 0.6) is 0 Å². The molecular formula is C15H21NO4. The van der Waals surface area contributed by atoms with Crippen LogP contribution in [-0.4, -0.2) is 23.5 Å². The summed E-state index contributed by atoms with van der Waals surface area (Å²) < 4.78 is 5.09. The minimum absolute atomic E-state index is 0.186. The van der Waals surface area contributed by atoms with Crippen molar-refractivity contribution in [3.8, 4) is 0 Å². The highest BCUT2D eigenvalue weighted by Crippen LogP contribution is 2.34. The van der Waals surface area contributed by atoms with Gasteiger partial charge in [-0.2, -0.15) is 0 Å². The second-order valence-corrected chi connectivity index (χ2v) is 5.63. The minimum atomic E-state index is -0.815. The smallest absolute Gasteiger partial charge is 0.311 e. The van der Waals surface area contributed by atoms with Gasteiger partial charge in [0, 0.05) is 6.54 Å². The van der Waals surface area contributed by atoms with E-state index >= 15 is 0 Å². The maximum absolute atomic E-state index is 12.0. The molecule has 0 aromatic carbocycles. The van der Waals surface area contributed by atoms with Crippen molar-refractivity contribution in [2.24, 2.45) is 5.41 Å². The summed E-state index contributed by atoms with van der Waals surface area (Å²) in [5.41, 5.74) is -0.373. The Bertz CT molecular complexity index is 484. The summed E-state index contributed by atoms with van der Waals surface area (Å²) in [7, 11) is 0. The molecule has 1 aromatic heterocycles. The van der Waals surface area contributed by atoms with Crippen LogP contribution in [0, 0.1) is 12.3 Å². The highest BCUT2D eigenvalue weighted by atomic mass is 16.4. The summed E-state index contributed by atoms with van der Waals surface area (Å²) in [6, 6.07) is 1.65. The molecule has 1 amide bonds. The van der Waals surface area contributed by atoms with Crippen LogP contribution in [0.2, 0.25) is 0 Å². The zero-order valence-corrected chi connectivity index (χ0v) is 11.8. The number of carbonyl (C=O) groups is 2. The van der Waals surface area contributed by atoms with E-state index < -0.39 is 11.4 Å². The molecule has 1 heterocycles. The molecule has 1 saturated carbocycles. The Labute approximate surface area is 118 Å². The highest BCUT2D eigenvalue weighted by Gasteiger charge is 2.38. The molecule has 1 aromatic rings. The Morgan fingerprint density at radius 2 is 1.95 bits per heavy atom. The van der Waals surface area contributed by atoms with Gasteiger partial charge in [0.05, 0.1) is 11.0 Å². The summed E-state index contributed by atoms with van der Waals surface area (Å²) in [6.07, 6.45) is 6.62. The largest absolute Gasteiger partial charge is 0.481 e. The van der Waals surface area contributed by atoms with E-state index in [1.165, 1.54) is 6.26 Å². The van der Waals surface area contributed by atoms with E-state index in [9.17, 15) is 14.7 Å². The third-order valence-corrected chi connectivity index (χ3v) is 4.09. The van der Waals surface area contributed by atoms with E-state index in [1.807, 2.05) is 0 Å². The van der Waals surface area contributed by atoms with E-state index in [0.29, 0.717) is 24.2 Å². The van der Waals surface area contributed by atoms with Gasteiger partial charge >= 0.3 is 5.97 Å². The van der Waals surface area contributed by atoms with Crippen LogP contribution in [-0.2, 0) is 4.79 Å². The van der Waals surface area contributed by atoms with Crippen LogP contribution in [0.15, 0.2) is 16.7 Å². The summed E-state index contributed by atoms with van der Waals surface area (Å²) in [5.74, 6) is -0.410. The molecule has 0 spiro atoms. The van der Waals surface area contributed by atoms with Gasteiger partial charge in [-0.25, -0.2) is 0 Å². The molecule has 1 aliphatic rings. The molecule has 0 radical (unpaired) electrons. The standard InChI is InChI=1S/C15H21NO4/c1-11-8-12(9-20-11)13(17)16-10-15(14(18)19)6-4-2-3-5-7-15/h8-9H,2-7,10H2,1H3,(H,16,17)(H,18,19). The molecular weight excluding hydrogens is 258 g/mol. The number of rotatable bonds is 4. The number of furan rings is 1. The van der Waals surface area contributed by atoms with Crippen molar-refractivity contribution in [2.45, 2.75) is 45.4 Å². The summed E-state index contributed by atoms with van der Waals surface area (Å²) >= 11 is 0. The number of aliphatic carboxylic acids is 1. The summed E-state index contributed by atoms with van der Waals surface area (Å²) in [6.45, 7) is 1.95. The maximum Gasteiger partial charge on any atom is 0.311 e. The van der Waals surface area contributed by atoms with E-state index in [2.05, 4.69) is 5.32 Å². The number of aryl methyl sites for hydroxylation is 1. The van der Waals surface area contributed by atoms with Crippen LogP contribution in [0.1, 0.15) is 54.6 Å². The minimum Gasteiger partial charge on any atom is -0.481 e. The van der Waals surface area contributed by atoms with Crippen LogP contribution in [0.25, 0.3) is 0 Å². The van der Waals surface area contributed by atoms with E-state index in [0.717, 1.165) is 25.7 Å². The monoisotopic (exact) mass is 279 g/mol. The van der Waals surface area contributed by atoms with E-state index in [-0.39, 0.29) is 12.5 Å². The van der Waals surface area contributed by atoms with Gasteiger partial charge in [-0.05, 0) is 25.8 Å². The van der Waals surface area contributed by atoms with Crippen LogP contribution in [0.3, 0.4) is 0 Å². The fourth-order valence-corrected chi connectivity index (χ4v) is 2.79. The van der Waals surface area contributed by atoms with Crippen molar-refractivity contribution in [1.29, 1.82) is 0 Å². The SMILES string of the molecule is Cc1cc(C(=O)NCC2(C(=O)O)CCCCCC2)co1. The van der Waals surface area contributed by atoms with Crippen LogP contribution < -0.4 is 5.32 Å². The second-order valence-electron chi connectivity index (χ2n) is 5.63. The predicted octanol–water partition coefficient (Wildman–Crippen LogP) is 2.74. The molecule has 0 aliphatic heterocycles. The van der Waals surface area contributed by atoms with Crippen molar-refractivity contribution < 1.29 is 19.1 Å². The first-order chi connectivity index (χ1) is 9.53. The fraction of sp³-hybridized carbons (Fsp3) is 0.600. The number of carboxylic acid groups (broad SMARTS) is 1. The van der Waals surface area contributed by atoms with E-state index in [1.54, 1.807) is 13.0 Å². The second kappa shape index (κ2) is 6.11. The number of hydrogen-bond donors (Lipinski definition) is 2. The van der Waals surface area contributed by atoms with Gasteiger partial charge in [-0.15, -0.1) is 0 Å². The summed E-state index contributed by atoms with van der Waals surface area (Å²) in [4.78, 5) is 23.6. The van der Waals surface area contributed by atoms with Gasteiger partial charge in [0.25, 0.3) is 5.91 Å². The average molecular weight is 279 g/mol. The predicted molar refractivity (Wildman–Crippen MR) is 73.5 cm³/mol. The van der Waals surface area contributed by atoms with Crippen molar-refractivity contribution in [2.75, 3.05) is 6.54 Å². The molecule has 0 bridgehead atoms. The normalized spacial score (nSPS) is 18.2. The van der Waals surface area contributed by atoms with Crippen LogP contribution in [0.4, 0.5) is 0 Å². The highest BCUT2D eigenvalue weighted by molar-refractivity contribution is 5.94. The Hall–Kier alpha value is -1.78. The van der Waals surface area contributed by atoms with E-state index in [4.69, 9.17) is 4.42 Å². The number of nitrogens with one attached hydrogen (secondary N) is 1. The van der Waals surface area contributed by atoms with Crippen molar-refractivity contribution in [1.82, 2.24) is 5.32 Å². The Morgan fingerprint density at radius 3 is 2.45 bits per heavy atom. The Kier molecular flexibility index (Phi) is 4.47. The van der Waals surface area contributed by atoms with Crippen molar-refractivity contribution in [3.63, 3.8) is 0 Å².